The zero-order chi connectivity index (χ0) is 44.9. The second-order valence-corrected chi connectivity index (χ2v) is 19.1. The van der Waals surface area contributed by atoms with E-state index in [-0.39, 0.29) is 36.2 Å². The van der Waals surface area contributed by atoms with Gasteiger partial charge in [0.05, 0.1) is 34.4 Å². The molecule has 0 aliphatic carbocycles. The van der Waals surface area contributed by atoms with Crippen LogP contribution < -0.4 is 0 Å². The Morgan fingerprint density at radius 1 is 0.475 bits per heavy atom. The molecule has 0 heterocycles. The smallest absolute Gasteiger partial charge is 0.362 e. The lowest BCUT2D eigenvalue weighted by Gasteiger charge is -2.31. The Kier molecular flexibility index (Phi) is 43.3. The highest BCUT2D eigenvalue weighted by molar-refractivity contribution is 5.72. The minimum atomic E-state index is -0.872. The van der Waals surface area contributed by atoms with Gasteiger partial charge in [-0.2, -0.15) is 0 Å². The molecule has 0 aliphatic heterocycles. The summed E-state index contributed by atoms with van der Waals surface area (Å²) in [7, 11) is 5.54. The minimum absolute atomic E-state index is 0.0476. The number of unbranched alkanes of at least 4 members (excludes halogenated alkanes) is 32. The molecule has 0 aromatic rings. The number of nitrogens with zero attached hydrogens (tertiary/aromatic N) is 1. The highest BCUT2D eigenvalue weighted by atomic mass is 16.6. The van der Waals surface area contributed by atoms with Crippen molar-refractivity contribution < 1.29 is 38.2 Å². The van der Waals surface area contributed by atoms with Gasteiger partial charge in [-0.15, -0.1) is 0 Å². The summed E-state index contributed by atoms with van der Waals surface area (Å²) in [5, 5.41) is 9.65. The van der Waals surface area contributed by atoms with Gasteiger partial charge in [-0.05, 0) is 38.5 Å². The fourth-order valence-electron chi connectivity index (χ4n) is 8.09. The summed E-state index contributed by atoms with van der Waals surface area (Å²) >= 11 is 0. The van der Waals surface area contributed by atoms with E-state index in [2.05, 4.69) is 26.0 Å². The number of quaternary nitrogens is 1. The Morgan fingerprint density at radius 2 is 0.820 bits per heavy atom. The second-order valence-electron chi connectivity index (χ2n) is 19.1. The van der Waals surface area contributed by atoms with E-state index in [1.54, 1.807) is 0 Å². The van der Waals surface area contributed by atoms with Crippen molar-refractivity contribution in [3.8, 4) is 0 Å². The molecule has 0 saturated heterocycles. The molecule has 0 amide bonds. The summed E-state index contributed by atoms with van der Waals surface area (Å²) in [6, 6.07) is -0.612. The van der Waals surface area contributed by atoms with Crippen molar-refractivity contribution in [1.29, 1.82) is 0 Å². The van der Waals surface area contributed by atoms with Crippen LogP contribution in [0.1, 0.15) is 258 Å². The van der Waals surface area contributed by atoms with E-state index >= 15 is 0 Å². The SMILES string of the molecule is CCCCCCCCCCC/C=C/CCCCCCCC(=O)OC(COCCC(C(=O)O)[N+](C)(C)C)COC(=O)CCCCCCCCCCCCCCCCCCCCC. The number of esters is 2. The maximum atomic E-state index is 12.8. The van der Waals surface area contributed by atoms with Gasteiger partial charge in [-0.3, -0.25) is 9.59 Å². The molecule has 8 heteroatoms. The second kappa shape index (κ2) is 44.7. The first kappa shape index (κ1) is 59.1. The van der Waals surface area contributed by atoms with Gasteiger partial charge in [0.25, 0.3) is 0 Å². The number of carbonyl (C=O) groups excluding carboxylic acids is 2. The number of carbonyl (C=O) groups is 3. The third-order valence-electron chi connectivity index (χ3n) is 12.2. The van der Waals surface area contributed by atoms with E-state index < -0.39 is 18.1 Å². The maximum absolute atomic E-state index is 12.8. The molecule has 0 spiro atoms. The average molecular weight is 865 g/mol. The molecule has 2 unspecified atom stereocenters. The summed E-state index contributed by atoms with van der Waals surface area (Å²) in [6.07, 6.45) is 49.7. The molecule has 0 aromatic carbocycles. The Balaban J connectivity index is 4.21. The first-order valence-electron chi connectivity index (χ1n) is 26.2. The fraction of sp³-hybridized carbons (Fsp3) is 0.906. The summed E-state index contributed by atoms with van der Waals surface area (Å²) in [5.41, 5.74) is 0. The van der Waals surface area contributed by atoms with E-state index in [0.29, 0.717) is 19.3 Å². The van der Waals surface area contributed by atoms with E-state index in [4.69, 9.17) is 14.2 Å². The van der Waals surface area contributed by atoms with Gasteiger partial charge in [0.1, 0.15) is 6.61 Å². The van der Waals surface area contributed by atoms with Crippen molar-refractivity contribution in [2.45, 2.75) is 270 Å². The third kappa shape index (κ3) is 43.1. The lowest BCUT2D eigenvalue weighted by molar-refractivity contribution is -0.887. The van der Waals surface area contributed by atoms with Crippen LogP contribution in [0.5, 0.6) is 0 Å². The summed E-state index contributed by atoms with van der Waals surface area (Å²) < 4.78 is 17.4. The van der Waals surface area contributed by atoms with Crippen LogP contribution in [0.25, 0.3) is 0 Å². The van der Waals surface area contributed by atoms with Crippen LogP contribution in [-0.2, 0) is 28.6 Å². The van der Waals surface area contributed by atoms with Gasteiger partial charge in [-0.1, -0.05) is 212 Å². The van der Waals surface area contributed by atoms with Gasteiger partial charge >= 0.3 is 17.9 Å². The van der Waals surface area contributed by atoms with Crippen LogP contribution in [0.15, 0.2) is 12.2 Å². The van der Waals surface area contributed by atoms with Crippen molar-refractivity contribution in [2.24, 2.45) is 0 Å². The highest BCUT2D eigenvalue weighted by Crippen LogP contribution is 2.17. The van der Waals surface area contributed by atoms with Crippen molar-refractivity contribution in [2.75, 3.05) is 41.0 Å². The average Bonchev–Trinajstić information content (AvgIpc) is 3.22. The van der Waals surface area contributed by atoms with Crippen LogP contribution in [0, 0.1) is 0 Å². The van der Waals surface area contributed by atoms with Gasteiger partial charge in [0, 0.05) is 19.3 Å². The molecule has 0 bridgehead atoms. The molecule has 360 valence electrons. The number of likely N-dealkylation sites (N-methyl/N-ethyl adjacent to an activating group) is 1. The molecule has 2 atom stereocenters. The molecule has 61 heavy (non-hydrogen) atoms. The molecular formula is C53H102NO7+. The molecule has 0 aromatic heterocycles. The predicted molar refractivity (Wildman–Crippen MR) is 257 cm³/mol. The number of rotatable bonds is 48. The summed E-state index contributed by atoms with van der Waals surface area (Å²) in [4.78, 5) is 37.2. The number of allylic oxidation sites excluding steroid dienone is 2. The van der Waals surface area contributed by atoms with Crippen LogP contribution in [-0.4, -0.2) is 80.6 Å². The Morgan fingerprint density at radius 3 is 1.18 bits per heavy atom. The quantitative estimate of drug-likeness (QED) is 0.0281. The number of aliphatic carboxylic acids is 1. The van der Waals surface area contributed by atoms with Crippen molar-refractivity contribution in [1.82, 2.24) is 0 Å². The van der Waals surface area contributed by atoms with E-state index in [0.717, 1.165) is 51.4 Å². The van der Waals surface area contributed by atoms with Crippen LogP contribution in [0.4, 0.5) is 0 Å². The lowest BCUT2D eigenvalue weighted by Crippen LogP contribution is -2.50. The Bertz CT molecular complexity index is 1010. The van der Waals surface area contributed by atoms with Gasteiger partial charge in [0.2, 0.25) is 0 Å². The molecule has 0 saturated carbocycles. The molecule has 8 nitrogen and oxygen atoms in total. The van der Waals surface area contributed by atoms with Crippen LogP contribution >= 0.6 is 0 Å². The van der Waals surface area contributed by atoms with Crippen LogP contribution in [0.3, 0.4) is 0 Å². The third-order valence-corrected chi connectivity index (χ3v) is 12.2. The fourth-order valence-corrected chi connectivity index (χ4v) is 8.09. The van der Waals surface area contributed by atoms with Gasteiger partial charge < -0.3 is 23.8 Å². The molecule has 1 N–H and O–H groups in total. The standard InChI is InChI=1S/C53H101NO7/c1-6-8-10-12-14-16-18-20-22-24-26-28-29-31-33-35-37-39-41-43-51(55)60-48-49(47-59-46-45-50(53(57)58)54(3,4)5)61-52(56)44-42-40-38-36-34-32-30-27-25-23-21-19-17-15-13-11-9-7-2/h27,30,49-50H,6-26,28-29,31-48H2,1-5H3/p+1/b30-27+. The lowest BCUT2D eigenvalue weighted by atomic mass is 10.0. The van der Waals surface area contributed by atoms with Gasteiger partial charge in [0.15, 0.2) is 12.1 Å². The van der Waals surface area contributed by atoms with Gasteiger partial charge in [-0.25, -0.2) is 4.79 Å². The summed E-state index contributed by atoms with van der Waals surface area (Å²) in [5.74, 6) is -1.45. The zero-order valence-electron chi connectivity index (χ0n) is 41.1. The first-order valence-corrected chi connectivity index (χ1v) is 26.2. The topological polar surface area (TPSA) is 99.1 Å². The Labute approximate surface area is 378 Å². The molecule has 0 fully saturated rings. The normalized spacial score (nSPS) is 12.9. The molecule has 0 aliphatic rings. The number of hydrogen-bond acceptors (Lipinski definition) is 6. The monoisotopic (exact) mass is 865 g/mol. The number of carboxylic acid groups (broad SMARTS) is 1. The van der Waals surface area contributed by atoms with E-state index in [1.807, 2.05) is 21.1 Å². The highest BCUT2D eigenvalue weighted by Gasteiger charge is 2.31. The molecular weight excluding hydrogens is 763 g/mol. The minimum Gasteiger partial charge on any atom is -0.477 e. The Hall–Kier alpha value is -1.93. The molecule has 0 radical (unpaired) electrons. The largest absolute Gasteiger partial charge is 0.477 e. The zero-order valence-corrected chi connectivity index (χ0v) is 41.1. The van der Waals surface area contributed by atoms with Crippen molar-refractivity contribution in [3.63, 3.8) is 0 Å². The number of hydrogen-bond donors (Lipinski definition) is 1. The molecule has 0 rings (SSSR count). The maximum Gasteiger partial charge on any atom is 0.362 e. The summed E-state index contributed by atoms with van der Waals surface area (Å²) in [6.45, 7) is 4.78. The number of carboxylic acids is 1. The van der Waals surface area contributed by atoms with E-state index in [9.17, 15) is 19.5 Å². The van der Waals surface area contributed by atoms with Crippen molar-refractivity contribution in [3.05, 3.63) is 12.2 Å². The predicted octanol–water partition coefficient (Wildman–Crippen LogP) is 15.0. The number of ether oxygens (including phenoxy) is 3. The van der Waals surface area contributed by atoms with E-state index in [1.165, 1.54) is 173 Å². The van der Waals surface area contributed by atoms with Crippen LogP contribution in [0.2, 0.25) is 0 Å². The van der Waals surface area contributed by atoms with Crippen molar-refractivity contribution >= 4 is 17.9 Å². The first-order chi connectivity index (χ1) is 29.6.